The van der Waals surface area contributed by atoms with Gasteiger partial charge in [-0.3, -0.25) is 0 Å². The number of nitrogens with two attached hydrogens (primary N) is 1. The second-order valence-corrected chi connectivity index (χ2v) is 7.05. The van der Waals surface area contributed by atoms with E-state index in [0.717, 1.165) is 17.5 Å². The molecule has 0 saturated heterocycles. The van der Waals surface area contributed by atoms with Crippen molar-refractivity contribution in [2.24, 2.45) is 5.73 Å². The van der Waals surface area contributed by atoms with Crippen molar-refractivity contribution >= 4 is 18.4 Å². The highest BCUT2D eigenvalue weighted by Gasteiger charge is 2.22. The second kappa shape index (κ2) is 9.60. The number of hydrogen-bond acceptors (Lipinski definition) is 4. The lowest BCUT2D eigenvalue weighted by molar-refractivity contribution is 0.00653. The Balaban J connectivity index is 0.00000338. The van der Waals surface area contributed by atoms with Crippen molar-refractivity contribution in [1.29, 1.82) is 0 Å². The van der Waals surface area contributed by atoms with Crippen LogP contribution in [0.3, 0.4) is 0 Å². The van der Waals surface area contributed by atoms with Gasteiger partial charge in [0.25, 0.3) is 0 Å². The fourth-order valence-corrected chi connectivity index (χ4v) is 2.37. The normalized spacial score (nSPS) is 12.0. The molecule has 0 aliphatic heterocycles. The molecule has 0 spiro atoms. The summed E-state index contributed by atoms with van der Waals surface area (Å²) in [6, 6.07) is 15.2. The third-order valence-corrected chi connectivity index (χ3v) is 3.73. The molecule has 1 atom stereocenters. The molecule has 0 radical (unpaired) electrons. The molecular weight excluding hydrogens is 350 g/mol. The first kappa shape index (κ1) is 22.0. The Morgan fingerprint density at radius 2 is 1.77 bits per heavy atom. The van der Waals surface area contributed by atoms with Gasteiger partial charge < -0.3 is 15.2 Å². The highest BCUT2D eigenvalue weighted by atomic mass is 35.5. The number of hydrogen-bond donors (Lipinski definition) is 1. The summed E-state index contributed by atoms with van der Waals surface area (Å²) in [5.74, 6) is 0.103. The average molecular weight is 378 g/mol. The number of rotatable bonds is 6. The molecule has 0 saturated carbocycles. The quantitative estimate of drug-likeness (QED) is 0.715. The molecule has 2 N–H and O–H groups in total. The summed E-state index contributed by atoms with van der Waals surface area (Å²) in [5.41, 5.74) is 7.88. The minimum Gasteiger partial charge on any atom is -0.488 e. The van der Waals surface area contributed by atoms with Crippen LogP contribution in [0.1, 0.15) is 61.6 Å². The maximum absolute atomic E-state index is 12.6. The Labute approximate surface area is 162 Å². The van der Waals surface area contributed by atoms with Crippen LogP contribution in [0.4, 0.5) is 0 Å². The van der Waals surface area contributed by atoms with E-state index in [1.54, 1.807) is 12.1 Å². The van der Waals surface area contributed by atoms with Gasteiger partial charge in [-0.2, -0.15) is 0 Å². The van der Waals surface area contributed by atoms with E-state index in [-0.39, 0.29) is 18.4 Å². The van der Waals surface area contributed by atoms with E-state index in [1.165, 1.54) is 0 Å². The largest absolute Gasteiger partial charge is 0.488 e. The van der Waals surface area contributed by atoms with Gasteiger partial charge in [0, 0.05) is 6.04 Å². The fraction of sp³-hybridized carbons (Fsp3) is 0.381. The molecule has 0 heterocycles. The van der Waals surface area contributed by atoms with Gasteiger partial charge in [-0.25, -0.2) is 4.79 Å². The lowest BCUT2D eigenvalue weighted by Crippen LogP contribution is -2.24. The summed E-state index contributed by atoms with van der Waals surface area (Å²) in [6.45, 7) is 7.93. The van der Waals surface area contributed by atoms with Gasteiger partial charge in [-0.1, -0.05) is 43.3 Å². The molecule has 0 bridgehead atoms. The van der Waals surface area contributed by atoms with Crippen LogP contribution in [0.15, 0.2) is 48.5 Å². The number of carbonyl (C=O) groups excluding carboxylic acids is 1. The molecule has 0 aromatic heterocycles. The van der Waals surface area contributed by atoms with Gasteiger partial charge in [0.15, 0.2) is 0 Å². The highest BCUT2D eigenvalue weighted by molar-refractivity contribution is 5.93. The van der Waals surface area contributed by atoms with Crippen LogP contribution in [0.25, 0.3) is 0 Å². The molecule has 0 amide bonds. The highest BCUT2D eigenvalue weighted by Crippen LogP contribution is 2.27. The van der Waals surface area contributed by atoms with Crippen LogP contribution in [-0.4, -0.2) is 11.6 Å². The zero-order valence-corrected chi connectivity index (χ0v) is 16.6. The summed E-state index contributed by atoms with van der Waals surface area (Å²) in [6.07, 6.45) is 0.790. The monoisotopic (exact) mass is 377 g/mol. The van der Waals surface area contributed by atoms with Gasteiger partial charge in [0.2, 0.25) is 0 Å². The smallest absolute Gasteiger partial charge is 0.342 e. The van der Waals surface area contributed by atoms with E-state index < -0.39 is 11.6 Å². The SMILES string of the molecule is CCC(N)c1ccc(OCc2ccccc2)c(C(=O)OC(C)(C)C)c1.Cl. The predicted octanol–water partition coefficient (Wildman–Crippen LogP) is 5.05. The number of esters is 1. The first-order chi connectivity index (χ1) is 11.8. The third kappa shape index (κ3) is 6.36. The fourth-order valence-electron chi connectivity index (χ4n) is 2.37. The van der Waals surface area contributed by atoms with Gasteiger partial charge in [0.1, 0.15) is 23.5 Å². The number of halogens is 1. The third-order valence-electron chi connectivity index (χ3n) is 3.73. The molecule has 2 rings (SSSR count). The molecule has 0 fully saturated rings. The van der Waals surface area contributed by atoms with Crippen molar-refractivity contribution in [3.63, 3.8) is 0 Å². The van der Waals surface area contributed by atoms with Gasteiger partial charge in [-0.05, 0) is 50.5 Å². The Morgan fingerprint density at radius 1 is 1.12 bits per heavy atom. The Kier molecular flexibility index (Phi) is 8.12. The number of ether oxygens (including phenoxy) is 2. The van der Waals surface area contributed by atoms with Crippen LogP contribution >= 0.6 is 12.4 Å². The number of benzene rings is 2. The van der Waals surface area contributed by atoms with E-state index >= 15 is 0 Å². The van der Waals surface area contributed by atoms with Gasteiger partial charge in [-0.15, -0.1) is 12.4 Å². The molecule has 0 aliphatic carbocycles. The van der Waals surface area contributed by atoms with E-state index in [0.29, 0.717) is 17.9 Å². The van der Waals surface area contributed by atoms with E-state index in [4.69, 9.17) is 15.2 Å². The first-order valence-electron chi connectivity index (χ1n) is 8.59. The van der Waals surface area contributed by atoms with Crippen molar-refractivity contribution in [3.8, 4) is 5.75 Å². The van der Waals surface area contributed by atoms with Gasteiger partial charge in [0.05, 0.1) is 0 Å². The molecule has 5 heteroatoms. The minimum atomic E-state index is -0.573. The standard InChI is InChI=1S/C21H27NO3.ClH/c1-5-18(22)16-11-12-19(24-14-15-9-7-6-8-10-15)17(13-16)20(23)25-21(2,3)4;/h6-13,18H,5,14,22H2,1-4H3;1H. The van der Waals surface area contributed by atoms with Crippen LogP contribution < -0.4 is 10.5 Å². The molecular formula is C21H28ClNO3. The van der Waals surface area contributed by atoms with Crippen molar-refractivity contribution in [3.05, 3.63) is 65.2 Å². The first-order valence-corrected chi connectivity index (χ1v) is 8.59. The molecule has 2 aromatic carbocycles. The van der Waals surface area contributed by atoms with Crippen molar-refractivity contribution in [2.45, 2.75) is 52.4 Å². The molecule has 0 aliphatic rings. The summed E-state index contributed by atoms with van der Waals surface area (Å²) >= 11 is 0. The summed E-state index contributed by atoms with van der Waals surface area (Å²) in [5, 5.41) is 0. The van der Waals surface area contributed by atoms with Crippen LogP contribution in [0.5, 0.6) is 5.75 Å². The zero-order valence-electron chi connectivity index (χ0n) is 15.8. The summed E-state index contributed by atoms with van der Waals surface area (Å²) in [7, 11) is 0. The van der Waals surface area contributed by atoms with E-state index in [1.807, 2.05) is 64.1 Å². The molecule has 2 aromatic rings. The Bertz CT molecular complexity index is 711. The van der Waals surface area contributed by atoms with Crippen LogP contribution in [0, 0.1) is 0 Å². The van der Waals surface area contributed by atoms with E-state index in [2.05, 4.69) is 0 Å². The topological polar surface area (TPSA) is 61.5 Å². The lowest BCUT2D eigenvalue weighted by Gasteiger charge is -2.21. The van der Waals surface area contributed by atoms with Crippen LogP contribution in [0.2, 0.25) is 0 Å². The van der Waals surface area contributed by atoms with Crippen LogP contribution in [-0.2, 0) is 11.3 Å². The summed E-state index contributed by atoms with van der Waals surface area (Å²) < 4.78 is 11.4. The zero-order chi connectivity index (χ0) is 18.4. The lowest BCUT2D eigenvalue weighted by atomic mass is 10.0. The maximum Gasteiger partial charge on any atom is 0.342 e. The summed E-state index contributed by atoms with van der Waals surface area (Å²) in [4.78, 5) is 12.6. The van der Waals surface area contributed by atoms with Crippen molar-refractivity contribution in [1.82, 2.24) is 0 Å². The van der Waals surface area contributed by atoms with Crippen molar-refractivity contribution in [2.75, 3.05) is 0 Å². The number of carbonyl (C=O) groups is 1. The van der Waals surface area contributed by atoms with E-state index in [9.17, 15) is 4.79 Å². The molecule has 4 nitrogen and oxygen atoms in total. The minimum absolute atomic E-state index is 0. The Hall–Kier alpha value is -2.04. The Morgan fingerprint density at radius 3 is 2.35 bits per heavy atom. The molecule has 1 unspecified atom stereocenters. The van der Waals surface area contributed by atoms with Crippen molar-refractivity contribution < 1.29 is 14.3 Å². The molecule has 142 valence electrons. The van der Waals surface area contributed by atoms with Gasteiger partial charge >= 0.3 is 5.97 Å². The second-order valence-electron chi connectivity index (χ2n) is 7.05. The predicted molar refractivity (Wildman–Crippen MR) is 107 cm³/mol. The molecule has 26 heavy (non-hydrogen) atoms. The maximum atomic E-state index is 12.6. The average Bonchev–Trinajstić information content (AvgIpc) is 2.58.